The highest BCUT2D eigenvalue weighted by atomic mass is 19.1. The zero-order valence-corrected chi connectivity index (χ0v) is 12.5. The third kappa shape index (κ3) is 4.70. The van der Waals surface area contributed by atoms with Crippen molar-refractivity contribution in [2.45, 2.75) is 6.61 Å². The number of nitrogens with zero attached hydrogens (tertiary/aromatic N) is 1. The van der Waals surface area contributed by atoms with Crippen LogP contribution in [0, 0.1) is 5.82 Å². The van der Waals surface area contributed by atoms with Gasteiger partial charge in [-0.3, -0.25) is 0 Å². The van der Waals surface area contributed by atoms with Crippen molar-refractivity contribution in [2.75, 3.05) is 7.11 Å². The average Bonchev–Trinajstić information content (AvgIpc) is 2.54. The number of para-hydroxylation sites is 1. The Morgan fingerprint density at radius 1 is 1.30 bits per heavy atom. The van der Waals surface area contributed by atoms with Gasteiger partial charge < -0.3 is 15.2 Å². The predicted octanol–water partition coefficient (Wildman–Crippen LogP) is 2.42. The minimum absolute atomic E-state index is 0.227. The molecule has 0 heterocycles. The highest BCUT2D eigenvalue weighted by Crippen LogP contribution is 2.30. The number of rotatable bonds is 6. The third-order valence-corrected chi connectivity index (χ3v) is 2.90. The molecule has 0 saturated heterocycles. The van der Waals surface area contributed by atoms with E-state index in [0.717, 1.165) is 5.56 Å². The fraction of sp³-hybridized carbons (Fsp3) is 0.125. The number of halogens is 1. The van der Waals surface area contributed by atoms with Gasteiger partial charge in [-0.05, 0) is 29.8 Å². The Morgan fingerprint density at radius 2 is 2.04 bits per heavy atom. The Morgan fingerprint density at radius 3 is 2.70 bits per heavy atom. The first-order chi connectivity index (χ1) is 11.1. The number of methoxy groups -OCH3 is 1. The topological polar surface area (TPSA) is 85.9 Å². The van der Waals surface area contributed by atoms with Crippen LogP contribution in [0.2, 0.25) is 0 Å². The summed E-state index contributed by atoms with van der Waals surface area (Å²) >= 11 is 0. The number of hydrogen-bond donors (Lipinski definition) is 2. The summed E-state index contributed by atoms with van der Waals surface area (Å²) in [7, 11) is 1.52. The number of hydrazone groups is 1. The largest absolute Gasteiger partial charge is 0.493 e. The Labute approximate surface area is 132 Å². The van der Waals surface area contributed by atoms with Crippen molar-refractivity contribution in [3.05, 3.63) is 59.4 Å². The maximum Gasteiger partial charge on any atom is 0.332 e. The van der Waals surface area contributed by atoms with Gasteiger partial charge in [-0.15, -0.1) is 0 Å². The molecule has 2 rings (SSSR count). The number of carbonyl (C=O) groups is 1. The molecule has 2 aromatic carbocycles. The third-order valence-electron chi connectivity index (χ3n) is 2.90. The van der Waals surface area contributed by atoms with E-state index in [0.29, 0.717) is 17.1 Å². The second-order valence-electron chi connectivity index (χ2n) is 4.53. The van der Waals surface area contributed by atoms with Crippen molar-refractivity contribution in [1.82, 2.24) is 5.43 Å². The molecule has 2 amide bonds. The van der Waals surface area contributed by atoms with E-state index >= 15 is 0 Å². The molecule has 0 bridgehead atoms. The first kappa shape index (κ1) is 16.3. The molecular weight excluding hydrogens is 301 g/mol. The van der Waals surface area contributed by atoms with E-state index in [-0.39, 0.29) is 12.4 Å². The molecule has 0 unspecified atom stereocenters. The molecule has 0 saturated carbocycles. The van der Waals surface area contributed by atoms with E-state index in [1.165, 1.54) is 25.5 Å². The maximum absolute atomic E-state index is 12.9. The van der Waals surface area contributed by atoms with E-state index < -0.39 is 6.03 Å². The van der Waals surface area contributed by atoms with Crippen LogP contribution >= 0.6 is 0 Å². The molecule has 3 N–H and O–H groups in total. The standard InChI is InChI=1S/C16H16FN3O3/c1-22-14-4-2-3-12(9-19-20-16(18)21)15(14)23-10-11-5-7-13(17)8-6-11/h2-9H,10H2,1H3,(H3,18,20,21). The molecule has 0 radical (unpaired) electrons. The molecule has 0 spiro atoms. The van der Waals surface area contributed by atoms with Crippen LogP contribution in [0.1, 0.15) is 11.1 Å². The SMILES string of the molecule is COc1cccc(C=NNC(N)=O)c1OCc1ccc(F)cc1. The first-order valence-corrected chi connectivity index (χ1v) is 6.73. The number of urea groups is 1. The maximum atomic E-state index is 12.9. The number of ether oxygens (including phenoxy) is 2. The highest BCUT2D eigenvalue weighted by molar-refractivity contribution is 5.86. The summed E-state index contributed by atoms with van der Waals surface area (Å²) in [6.07, 6.45) is 1.40. The van der Waals surface area contributed by atoms with Gasteiger partial charge in [-0.2, -0.15) is 5.10 Å². The van der Waals surface area contributed by atoms with Crippen molar-refractivity contribution in [3.63, 3.8) is 0 Å². The number of nitrogens with one attached hydrogen (secondary N) is 1. The van der Waals surface area contributed by atoms with E-state index in [1.807, 2.05) is 0 Å². The van der Waals surface area contributed by atoms with Crippen LogP contribution in [0.4, 0.5) is 9.18 Å². The van der Waals surface area contributed by atoms with Crippen LogP contribution in [0.3, 0.4) is 0 Å². The zero-order chi connectivity index (χ0) is 16.7. The molecule has 0 atom stereocenters. The number of benzene rings is 2. The van der Waals surface area contributed by atoms with Crippen LogP contribution in [-0.4, -0.2) is 19.4 Å². The summed E-state index contributed by atoms with van der Waals surface area (Å²) < 4.78 is 23.9. The van der Waals surface area contributed by atoms with E-state index in [2.05, 4.69) is 10.5 Å². The first-order valence-electron chi connectivity index (χ1n) is 6.73. The van der Waals surface area contributed by atoms with Crippen molar-refractivity contribution in [2.24, 2.45) is 10.8 Å². The zero-order valence-electron chi connectivity index (χ0n) is 12.5. The monoisotopic (exact) mass is 317 g/mol. The van der Waals surface area contributed by atoms with Crippen molar-refractivity contribution in [3.8, 4) is 11.5 Å². The summed E-state index contributed by atoms with van der Waals surface area (Å²) in [6, 6.07) is 10.5. The lowest BCUT2D eigenvalue weighted by molar-refractivity contribution is 0.249. The van der Waals surface area contributed by atoms with Crippen molar-refractivity contribution >= 4 is 12.2 Å². The predicted molar refractivity (Wildman–Crippen MR) is 84.0 cm³/mol. The summed E-state index contributed by atoms with van der Waals surface area (Å²) in [4.78, 5) is 10.6. The second kappa shape index (κ2) is 7.79. The number of nitrogens with two attached hydrogens (primary N) is 1. The smallest absolute Gasteiger partial charge is 0.332 e. The summed E-state index contributed by atoms with van der Waals surface area (Å²) in [6.45, 7) is 0.227. The molecule has 6 nitrogen and oxygen atoms in total. The van der Waals surface area contributed by atoms with Crippen LogP contribution in [-0.2, 0) is 6.61 Å². The lowest BCUT2D eigenvalue weighted by Crippen LogP contribution is -2.24. The van der Waals surface area contributed by atoms with Gasteiger partial charge >= 0.3 is 6.03 Å². The molecule has 120 valence electrons. The van der Waals surface area contributed by atoms with Gasteiger partial charge in [0.05, 0.1) is 13.3 Å². The summed E-state index contributed by atoms with van der Waals surface area (Å²) in [5, 5.41) is 3.71. The van der Waals surface area contributed by atoms with E-state index in [4.69, 9.17) is 15.2 Å². The average molecular weight is 317 g/mol. The van der Waals surface area contributed by atoms with Gasteiger partial charge in [0.25, 0.3) is 0 Å². The number of hydrogen-bond acceptors (Lipinski definition) is 4. The Balaban J connectivity index is 2.19. The van der Waals surface area contributed by atoms with Gasteiger partial charge in [-0.25, -0.2) is 14.6 Å². The second-order valence-corrected chi connectivity index (χ2v) is 4.53. The normalized spacial score (nSPS) is 10.5. The van der Waals surface area contributed by atoms with Gasteiger partial charge in [0, 0.05) is 5.56 Å². The molecule has 0 fully saturated rings. The lowest BCUT2D eigenvalue weighted by Gasteiger charge is -2.13. The van der Waals surface area contributed by atoms with Gasteiger partial charge in [0.15, 0.2) is 11.5 Å². The van der Waals surface area contributed by atoms with Gasteiger partial charge in [0.2, 0.25) is 0 Å². The van der Waals surface area contributed by atoms with Crippen molar-refractivity contribution in [1.29, 1.82) is 0 Å². The van der Waals surface area contributed by atoms with Crippen LogP contribution in [0.15, 0.2) is 47.6 Å². The minimum atomic E-state index is -0.766. The Hall–Kier alpha value is -3.09. The van der Waals surface area contributed by atoms with E-state index in [1.54, 1.807) is 30.3 Å². The highest BCUT2D eigenvalue weighted by Gasteiger charge is 2.09. The quantitative estimate of drug-likeness (QED) is 0.633. The molecule has 0 aliphatic carbocycles. The molecule has 0 aromatic heterocycles. The molecule has 0 aliphatic heterocycles. The Bertz CT molecular complexity index is 702. The number of amides is 2. The molecular formula is C16H16FN3O3. The molecule has 0 aliphatic rings. The Kier molecular flexibility index (Phi) is 5.51. The van der Waals surface area contributed by atoms with Crippen LogP contribution in [0.5, 0.6) is 11.5 Å². The molecule has 7 heteroatoms. The number of carbonyl (C=O) groups excluding carboxylic acids is 1. The minimum Gasteiger partial charge on any atom is -0.493 e. The fourth-order valence-electron chi connectivity index (χ4n) is 1.85. The lowest BCUT2D eigenvalue weighted by atomic mass is 10.2. The van der Waals surface area contributed by atoms with Gasteiger partial charge in [-0.1, -0.05) is 18.2 Å². The molecule has 2 aromatic rings. The summed E-state index contributed by atoms with van der Waals surface area (Å²) in [5.41, 5.74) is 8.45. The van der Waals surface area contributed by atoms with Crippen molar-refractivity contribution < 1.29 is 18.7 Å². The van der Waals surface area contributed by atoms with Crippen LogP contribution < -0.4 is 20.6 Å². The fourth-order valence-corrected chi connectivity index (χ4v) is 1.85. The molecule has 23 heavy (non-hydrogen) atoms. The van der Waals surface area contributed by atoms with Gasteiger partial charge in [0.1, 0.15) is 12.4 Å². The summed E-state index contributed by atoms with van der Waals surface area (Å²) in [5.74, 6) is 0.654. The van der Waals surface area contributed by atoms with E-state index in [9.17, 15) is 9.18 Å². The van der Waals surface area contributed by atoms with Crippen LogP contribution in [0.25, 0.3) is 0 Å². The number of primary amides is 1.